The van der Waals surface area contributed by atoms with E-state index in [4.69, 9.17) is 9.97 Å². The highest BCUT2D eigenvalue weighted by Crippen LogP contribution is 2.46. The lowest BCUT2D eigenvalue weighted by Gasteiger charge is -2.26. The molecular formula is C73H65N3O. The van der Waals surface area contributed by atoms with Gasteiger partial charge in [0.15, 0.2) is 0 Å². The van der Waals surface area contributed by atoms with Gasteiger partial charge >= 0.3 is 0 Å². The zero-order chi connectivity index (χ0) is 52.7. The molecule has 0 atom stereocenters. The van der Waals surface area contributed by atoms with Crippen LogP contribution < -0.4 is 0 Å². The van der Waals surface area contributed by atoms with Gasteiger partial charge in [0, 0.05) is 33.9 Å². The van der Waals surface area contributed by atoms with Crippen LogP contribution in [0.25, 0.3) is 95.0 Å². The third kappa shape index (κ3) is 9.70. The van der Waals surface area contributed by atoms with E-state index in [2.05, 4.69) is 239 Å². The Morgan fingerprint density at radius 1 is 0.455 bits per heavy atom. The van der Waals surface area contributed by atoms with Gasteiger partial charge in [0.05, 0.1) is 28.0 Å². The van der Waals surface area contributed by atoms with Gasteiger partial charge < -0.3 is 5.11 Å². The van der Waals surface area contributed by atoms with Crippen molar-refractivity contribution in [2.24, 2.45) is 5.92 Å². The van der Waals surface area contributed by atoms with Crippen molar-refractivity contribution in [1.29, 1.82) is 0 Å². The van der Waals surface area contributed by atoms with Gasteiger partial charge in [-0.1, -0.05) is 236 Å². The topological polar surface area (TPSA) is 50.9 Å². The van der Waals surface area contributed by atoms with E-state index in [9.17, 15) is 5.11 Å². The summed E-state index contributed by atoms with van der Waals surface area (Å²) < 4.78 is 2.30. The molecule has 0 unspecified atom stereocenters. The molecular weight excluding hydrogens is 935 g/mol. The van der Waals surface area contributed by atoms with E-state index < -0.39 is 0 Å². The number of benzene rings is 9. The number of phenols is 1. The monoisotopic (exact) mass is 1000 g/mol. The van der Waals surface area contributed by atoms with Crippen LogP contribution in [0.5, 0.6) is 5.75 Å². The van der Waals surface area contributed by atoms with E-state index in [1.54, 1.807) is 0 Å². The predicted octanol–water partition coefficient (Wildman–Crippen LogP) is 19.2. The maximum Gasteiger partial charge on any atom is 0.149 e. The lowest BCUT2D eigenvalue weighted by atomic mass is 9.77. The molecule has 1 saturated carbocycles. The first-order valence-corrected chi connectivity index (χ1v) is 27.4. The van der Waals surface area contributed by atoms with Crippen LogP contribution in [0.15, 0.2) is 231 Å². The quantitative estimate of drug-likeness (QED) is 0.133. The number of pyridine rings is 1. The number of aromatic hydroxyl groups is 1. The normalized spacial score (nSPS) is 13.1. The molecule has 0 spiro atoms. The Kier molecular flexibility index (Phi) is 13.1. The predicted molar refractivity (Wildman–Crippen MR) is 322 cm³/mol. The molecule has 0 amide bonds. The van der Waals surface area contributed by atoms with Crippen molar-refractivity contribution in [2.75, 3.05) is 0 Å². The lowest BCUT2D eigenvalue weighted by Crippen LogP contribution is -2.18. The fourth-order valence-electron chi connectivity index (χ4n) is 11.8. The van der Waals surface area contributed by atoms with Crippen molar-refractivity contribution in [3.05, 3.63) is 253 Å². The molecule has 1 N–H and O–H groups in total. The summed E-state index contributed by atoms with van der Waals surface area (Å²) in [6, 6.07) is 80.2. The smallest absolute Gasteiger partial charge is 0.149 e. The van der Waals surface area contributed by atoms with Gasteiger partial charge in [-0.3, -0.25) is 9.55 Å². The molecule has 1 aliphatic rings. The second-order valence-corrected chi connectivity index (χ2v) is 22.7. The highest BCUT2D eigenvalue weighted by atomic mass is 16.3. The summed E-state index contributed by atoms with van der Waals surface area (Å²) in [6.45, 7) is 11.4. The van der Waals surface area contributed by atoms with Crippen LogP contribution in [-0.4, -0.2) is 19.6 Å². The molecule has 378 valence electrons. The Morgan fingerprint density at radius 2 is 1.03 bits per heavy atom. The summed E-state index contributed by atoms with van der Waals surface area (Å²) in [4.78, 5) is 10.8. The minimum Gasteiger partial charge on any atom is -0.507 e. The number of fused-ring (bicyclic) bond motifs is 1. The Labute approximate surface area is 454 Å². The number of aromatic nitrogens is 3. The largest absolute Gasteiger partial charge is 0.507 e. The zero-order valence-electron chi connectivity index (χ0n) is 44.8. The van der Waals surface area contributed by atoms with Gasteiger partial charge in [0.2, 0.25) is 0 Å². The van der Waals surface area contributed by atoms with Gasteiger partial charge in [-0.05, 0) is 127 Å². The molecule has 0 radical (unpaired) electrons. The molecule has 2 aromatic heterocycles. The Hall–Kier alpha value is -8.60. The first-order valence-electron chi connectivity index (χ1n) is 27.4. The van der Waals surface area contributed by atoms with E-state index >= 15 is 0 Å². The number of nitrogens with zero attached hydrogens (tertiary/aromatic N) is 3. The SMILES string of the molecule is CC(C)(C)c1cc(-c2cc(-c3cccc(C(C)(C)c4ccccc4)c3)ccn2)cc(-c2cccc3c2nc(-c2cccc(-c4ccccc4-c4ccccc4)c2O)n3-c2ccc(CC3CCCC3)cc2-c2ccccc2)c1. The molecule has 4 nitrogen and oxygen atoms in total. The van der Waals surface area contributed by atoms with Crippen LogP contribution in [0.3, 0.4) is 0 Å². The van der Waals surface area contributed by atoms with Crippen molar-refractivity contribution in [2.45, 2.75) is 77.6 Å². The second-order valence-electron chi connectivity index (χ2n) is 22.7. The molecule has 2 heterocycles. The van der Waals surface area contributed by atoms with E-state index in [1.807, 2.05) is 30.5 Å². The van der Waals surface area contributed by atoms with E-state index in [0.717, 1.165) is 90.0 Å². The number of hydrogen-bond acceptors (Lipinski definition) is 3. The van der Waals surface area contributed by atoms with Gasteiger partial charge in [0.25, 0.3) is 0 Å². The first-order chi connectivity index (χ1) is 37.5. The Bertz CT molecular complexity index is 3910. The molecule has 1 fully saturated rings. The molecule has 9 aromatic carbocycles. The van der Waals surface area contributed by atoms with Gasteiger partial charge in [-0.2, -0.15) is 0 Å². The summed E-state index contributed by atoms with van der Waals surface area (Å²) in [5.74, 6) is 1.55. The molecule has 12 rings (SSSR count). The Balaban J connectivity index is 1.05. The van der Waals surface area contributed by atoms with Crippen molar-refractivity contribution in [3.63, 3.8) is 0 Å². The summed E-state index contributed by atoms with van der Waals surface area (Å²) in [5, 5.41) is 12.9. The third-order valence-electron chi connectivity index (χ3n) is 16.2. The molecule has 1 aliphatic carbocycles. The summed E-state index contributed by atoms with van der Waals surface area (Å²) in [6.07, 6.45) is 8.20. The third-order valence-corrected chi connectivity index (χ3v) is 16.2. The average Bonchev–Trinajstić information content (AvgIpc) is 4.28. The first kappa shape index (κ1) is 49.3. The van der Waals surface area contributed by atoms with E-state index in [1.165, 1.54) is 47.9 Å². The van der Waals surface area contributed by atoms with Crippen molar-refractivity contribution in [1.82, 2.24) is 14.5 Å². The van der Waals surface area contributed by atoms with Crippen LogP contribution in [0.2, 0.25) is 0 Å². The molecule has 0 saturated heterocycles. The van der Waals surface area contributed by atoms with Crippen molar-refractivity contribution < 1.29 is 5.11 Å². The molecule has 77 heavy (non-hydrogen) atoms. The molecule has 0 bridgehead atoms. The maximum absolute atomic E-state index is 12.9. The highest BCUT2D eigenvalue weighted by molar-refractivity contribution is 5.99. The van der Waals surface area contributed by atoms with E-state index in [0.29, 0.717) is 17.3 Å². The maximum atomic E-state index is 12.9. The van der Waals surface area contributed by atoms with Crippen molar-refractivity contribution in [3.8, 4) is 89.7 Å². The summed E-state index contributed by atoms with van der Waals surface area (Å²) in [7, 11) is 0. The standard InChI is InChI=1S/C73H65N3O/c1-72(2,3)59-46-55(44-56(47-59)66-48-54(40-41-74-66)53-28-19-31-58(45-53)73(4,5)57-29-13-8-14-30-57)61-34-21-37-68-69(61)75-71(64-36-20-35-63(70(64)77)62-33-18-17-32-60(62)51-24-9-6-10-25-51)76(68)67-39-38-50(42-49-22-15-16-23-49)43-65(67)52-26-11-7-12-27-52/h6-14,17-21,24-41,43-49,77H,15-16,22-23,42H2,1-5H3. The number of phenolic OH excluding ortho intramolecular Hbond substituents is 1. The average molecular weight is 1000 g/mol. The van der Waals surface area contributed by atoms with Crippen LogP contribution in [0, 0.1) is 5.92 Å². The van der Waals surface area contributed by atoms with Crippen molar-refractivity contribution >= 4 is 11.0 Å². The lowest BCUT2D eigenvalue weighted by molar-refractivity contribution is 0.479. The van der Waals surface area contributed by atoms with Gasteiger partial charge in [0.1, 0.15) is 11.6 Å². The summed E-state index contributed by atoms with van der Waals surface area (Å²) >= 11 is 0. The van der Waals surface area contributed by atoms with Crippen LogP contribution in [-0.2, 0) is 17.3 Å². The fraction of sp³-hybridized carbons (Fsp3) is 0.178. The second kappa shape index (κ2) is 20.5. The number of imidazole rings is 1. The number of rotatable bonds is 12. The van der Waals surface area contributed by atoms with Gasteiger partial charge in [-0.15, -0.1) is 0 Å². The summed E-state index contributed by atoms with van der Waals surface area (Å²) in [5.41, 5.74) is 20.6. The highest BCUT2D eigenvalue weighted by Gasteiger charge is 2.27. The molecule has 11 aromatic rings. The molecule has 4 heteroatoms. The minimum absolute atomic E-state index is 0.173. The molecule has 0 aliphatic heterocycles. The van der Waals surface area contributed by atoms with Crippen LogP contribution in [0.4, 0.5) is 0 Å². The van der Waals surface area contributed by atoms with Crippen LogP contribution >= 0.6 is 0 Å². The van der Waals surface area contributed by atoms with Crippen LogP contribution in [0.1, 0.15) is 82.6 Å². The number of hydrogen-bond donors (Lipinski definition) is 1. The zero-order valence-corrected chi connectivity index (χ0v) is 44.8. The minimum atomic E-state index is -0.175. The fourth-order valence-corrected chi connectivity index (χ4v) is 11.8. The van der Waals surface area contributed by atoms with E-state index in [-0.39, 0.29) is 16.6 Å². The number of para-hydroxylation sites is 2. The Morgan fingerprint density at radius 3 is 1.77 bits per heavy atom. The van der Waals surface area contributed by atoms with Gasteiger partial charge in [-0.25, -0.2) is 4.98 Å².